The molecule has 1 atom stereocenters. The van der Waals surface area contributed by atoms with E-state index >= 15 is 0 Å². The van der Waals surface area contributed by atoms with Crippen molar-refractivity contribution in [2.24, 2.45) is 0 Å². The molecule has 2 rings (SSSR count). The van der Waals surface area contributed by atoms with Gasteiger partial charge < -0.3 is 10.6 Å². The Morgan fingerprint density at radius 2 is 1.77 bits per heavy atom. The Morgan fingerprint density at radius 1 is 1.05 bits per heavy atom. The van der Waals surface area contributed by atoms with Gasteiger partial charge in [-0.15, -0.1) is 11.8 Å². The van der Waals surface area contributed by atoms with E-state index in [9.17, 15) is 9.59 Å². The van der Waals surface area contributed by atoms with Crippen molar-refractivity contribution < 1.29 is 9.59 Å². The highest BCUT2D eigenvalue weighted by atomic mass is 32.2. The van der Waals surface area contributed by atoms with Crippen LogP contribution in [0.2, 0.25) is 0 Å². The molecular formula is C17H18N2O2S. The molecule has 1 unspecified atom stereocenters. The number of carbonyl (C=O) groups is 2. The van der Waals surface area contributed by atoms with Gasteiger partial charge in [-0.25, -0.2) is 0 Å². The number of thioether (sulfide) groups is 1. The molecule has 0 radical (unpaired) electrons. The smallest absolute Gasteiger partial charge is 0.251 e. The number of hydrogen-bond donors (Lipinski definition) is 2. The van der Waals surface area contributed by atoms with Crippen molar-refractivity contribution in [3.63, 3.8) is 0 Å². The molecule has 0 aromatic heterocycles. The third kappa shape index (κ3) is 4.36. The van der Waals surface area contributed by atoms with Crippen LogP contribution in [-0.4, -0.2) is 24.1 Å². The first kappa shape index (κ1) is 16.1. The molecule has 2 N–H and O–H groups in total. The van der Waals surface area contributed by atoms with Crippen LogP contribution in [0.15, 0.2) is 59.5 Å². The summed E-state index contributed by atoms with van der Waals surface area (Å²) in [4.78, 5) is 24.9. The van der Waals surface area contributed by atoms with E-state index in [1.807, 2.05) is 37.3 Å². The second kappa shape index (κ2) is 7.66. The average Bonchev–Trinajstić information content (AvgIpc) is 2.55. The Labute approximate surface area is 134 Å². The average molecular weight is 314 g/mol. The summed E-state index contributed by atoms with van der Waals surface area (Å²) in [6.45, 7) is 1.86. The predicted octanol–water partition coefficient (Wildman–Crippen LogP) is 3.17. The lowest BCUT2D eigenvalue weighted by Crippen LogP contribution is -2.23. The summed E-state index contributed by atoms with van der Waals surface area (Å²) in [5, 5.41) is 5.17. The van der Waals surface area contributed by atoms with Crippen LogP contribution in [0.3, 0.4) is 0 Å². The molecule has 2 aromatic rings. The van der Waals surface area contributed by atoms with E-state index in [-0.39, 0.29) is 17.1 Å². The van der Waals surface area contributed by atoms with Crippen LogP contribution in [0, 0.1) is 0 Å². The molecule has 114 valence electrons. The topological polar surface area (TPSA) is 58.2 Å². The summed E-state index contributed by atoms with van der Waals surface area (Å²) in [6.07, 6.45) is 0. The maximum atomic E-state index is 12.2. The molecule has 22 heavy (non-hydrogen) atoms. The fourth-order valence-corrected chi connectivity index (χ4v) is 2.77. The highest BCUT2D eigenvalue weighted by Crippen LogP contribution is 2.23. The van der Waals surface area contributed by atoms with E-state index in [0.29, 0.717) is 11.3 Å². The molecule has 0 bridgehead atoms. The maximum Gasteiger partial charge on any atom is 0.251 e. The number of benzene rings is 2. The van der Waals surface area contributed by atoms with Gasteiger partial charge in [0.1, 0.15) is 0 Å². The number of rotatable bonds is 5. The van der Waals surface area contributed by atoms with Gasteiger partial charge in [0, 0.05) is 23.2 Å². The van der Waals surface area contributed by atoms with Gasteiger partial charge in [0.05, 0.1) is 5.25 Å². The quantitative estimate of drug-likeness (QED) is 0.834. The lowest BCUT2D eigenvalue weighted by atomic mass is 10.2. The van der Waals surface area contributed by atoms with Gasteiger partial charge in [-0.1, -0.05) is 24.3 Å². The van der Waals surface area contributed by atoms with Crippen molar-refractivity contribution in [3.05, 3.63) is 60.2 Å². The zero-order valence-corrected chi connectivity index (χ0v) is 13.3. The number of nitrogens with one attached hydrogen (secondary N) is 2. The Kier molecular flexibility index (Phi) is 5.61. The number of amides is 2. The molecule has 2 aromatic carbocycles. The molecule has 2 amide bonds. The van der Waals surface area contributed by atoms with E-state index in [2.05, 4.69) is 10.6 Å². The third-order valence-electron chi connectivity index (χ3n) is 3.04. The molecule has 0 fully saturated rings. The first-order chi connectivity index (χ1) is 10.6. The molecular weight excluding hydrogens is 296 g/mol. The Hall–Kier alpha value is -2.27. The highest BCUT2D eigenvalue weighted by Gasteiger charge is 2.15. The molecule has 5 heteroatoms. The fraction of sp³-hybridized carbons (Fsp3) is 0.176. The number of carbonyl (C=O) groups excluding carboxylic acids is 2. The molecule has 0 aliphatic heterocycles. The number of anilines is 1. The minimum absolute atomic E-state index is 0.0945. The van der Waals surface area contributed by atoms with Crippen molar-refractivity contribution in [3.8, 4) is 0 Å². The molecule has 0 aliphatic rings. The van der Waals surface area contributed by atoms with Gasteiger partial charge in [-0.3, -0.25) is 9.59 Å². The van der Waals surface area contributed by atoms with Crippen LogP contribution in [0.25, 0.3) is 0 Å². The summed E-state index contributed by atoms with van der Waals surface area (Å²) < 4.78 is 0. The molecule has 0 heterocycles. The molecule has 0 spiro atoms. The van der Waals surface area contributed by atoms with Crippen molar-refractivity contribution in [2.75, 3.05) is 12.4 Å². The van der Waals surface area contributed by atoms with Gasteiger partial charge in [-0.05, 0) is 37.3 Å². The van der Waals surface area contributed by atoms with E-state index in [1.54, 1.807) is 31.3 Å². The normalized spacial score (nSPS) is 11.5. The third-order valence-corrected chi connectivity index (χ3v) is 4.16. The minimum atomic E-state index is -0.231. The van der Waals surface area contributed by atoms with E-state index in [4.69, 9.17) is 0 Å². The summed E-state index contributed by atoms with van der Waals surface area (Å²) in [6, 6.07) is 16.7. The van der Waals surface area contributed by atoms with Gasteiger partial charge in [0.2, 0.25) is 5.91 Å². The van der Waals surface area contributed by atoms with Gasteiger partial charge >= 0.3 is 0 Å². The van der Waals surface area contributed by atoms with Crippen molar-refractivity contribution in [2.45, 2.75) is 17.1 Å². The summed E-state index contributed by atoms with van der Waals surface area (Å²) in [7, 11) is 1.58. The Morgan fingerprint density at radius 3 is 2.45 bits per heavy atom. The van der Waals surface area contributed by atoms with Crippen molar-refractivity contribution in [1.29, 1.82) is 0 Å². The standard InChI is InChI=1S/C17H18N2O2S/c1-12(22-15-9-4-3-5-10-15)16(20)19-14-8-6-7-13(11-14)17(21)18-2/h3-12H,1-2H3,(H,18,21)(H,19,20). The van der Waals surface area contributed by atoms with Gasteiger partial charge in [0.25, 0.3) is 5.91 Å². The summed E-state index contributed by atoms with van der Waals surface area (Å²) in [5.74, 6) is -0.272. The summed E-state index contributed by atoms with van der Waals surface area (Å²) in [5.41, 5.74) is 1.13. The monoisotopic (exact) mass is 314 g/mol. The van der Waals surface area contributed by atoms with Gasteiger partial charge in [-0.2, -0.15) is 0 Å². The minimum Gasteiger partial charge on any atom is -0.355 e. The van der Waals surface area contributed by atoms with Crippen LogP contribution in [-0.2, 0) is 4.79 Å². The van der Waals surface area contributed by atoms with Crippen LogP contribution >= 0.6 is 11.8 Å². The predicted molar refractivity (Wildman–Crippen MR) is 90.2 cm³/mol. The largest absolute Gasteiger partial charge is 0.355 e. The number of hydrogen-bond acceptors (Lipinski definition) is 3. The van der Waals surface area contributed by atoms with Crippen LogP contribution in [0.4, 0.5) is 5.69 Å². The zero-order chi connectivity index (χ0) is 15.9. The first-order valence-corrected chi connectivity index (χ1v) is 7.83. The van der Waals surface area contributed by atoms with E-state index in [0.717, 1.165) is 4.90 Å². The molecule has 0 saturated heterocycles. The van der Waals surface area contributed by atoms with Crippen LogP contribution in [0.5, 0.6) is 0 Å². The van der Waals surface area contributed by atoms with Crippen molar-refractivity contribution in [1.82, 2.24) is 5.32 Å². The van der Waals surface area contributed by atoms with E-state index < -0.39 is 0 Å². The second-order valence-electron chi connectivity index (χ2n) is 4.72. The second-order valence-corrected chi connectivity index (χ2v) is 6.14. The zero-order valence-electron chi connectivity index (χ0n) is 12.5. The highest BCUT2D eigenvalue weighted by molar-refractivity contribution is 8.00. The van der Waals surface area contributed by atoms with E-state index in [1.165, 1.54) is 11.8 Å². The van der Waals surface area contributed by atoms with Crippen LogP contribution < -0.4 is 10.6 Å². The fourth-order valence-electron chi connectivity index (χ4n) is 1.88. The lowest BCUT2D eigenvalue weighted by Gasteiger charge is -2.12. The molecule has 0 aliphatic carbocycles. The molecule has 0 saturated carbocycles. The Bertz CT molecular complexity index is 659. The van der Waals surface area contributed by atoms with Gasteiger partial charge in [0.15, 0.2) is 0 Å². The van der Waals surface area contributed by atoms with Crippen molar-refractivity contribution >= 4 is 29.3 Å². The summed E-state index contributed by atoms with van der Waals surface area (Å²) >= 11 is 1.49. The maximum absolute atomic E-state index is 12.2. The van der Waals surface area contributed by atoms with Crippen LogP contribution in [0.1, 0.15) is 17.3 Å². The lowest BCUT2D eigenvalue weighted by molar-refractivity contribution is -0.115. The molecule has 4 nitrogen and oxygen atoms in total. The SMILES string of the molecule is CNC(=O)c1cccc(NC(=O)C(C)Sc2ccccc2)c1. The Balaban J connectivity index is 2.01. The first-order valence-electron chi connectivity index (χ1n) is 6.95.